The molecule has 0 radical (unpaired) electrons. The summed E-state index contributed by atoms with van der Waals surface area (Å²) in [6, 6.07) is 1.70. The highest BCUT2D eigenvalue weighted by molar-refractivity contribution is 5.93. The van der Waals surface area contributed by atoms with Crippen LogP contribution in [0, 0.1) is 6.92 Å². The first-order valence-corrected chi connectivity index (χ1v) is 4.04. The Morgan fingerprint density at radius 2 is 2.38 bits per heavy atom. The number of nitrogens with two attached hydrogens (primary N) is 1. The van der Waals surface area contributed by atoms with Crippen molar-refractivity contribution in [2.45, 2.75) is 13.8 Å². The van der Waals surface area contributed by atoms with Gasteiger partial charge < -0.3 is 10.5 Å². The number of ether oxygens (including phenoxy) is 1. The van der Waals surface area contributed by atoms with Gasteiger partial charge in [0.15, 0.2) is 0 Å². The third kappa shape index (κ3) is 2.18. The van der Waals surface area contributed by atoms with E-state index < -0.39 is 5.91 Å². The van der Waals surface area contributed by atoms with Crippen molar-refractivity contribution >= 4 is 5.91 Å². The number of pyridine rings is 1. The van der Waals surface area contributed by atoms with E-state index in [0.717, 1.165) is 5.56 Å². The Balaban J connectivity index is 2.98. The lowest BCUT2D eigenvalue weighted by Crippen LogP contribution is -2.13. The fourth-order valence-corrected chi connectivity index (χ4v) is 1.01. The van der Waals surface area contributed by atoms with Crippen molar-refractivity contribution in [3.63, 3.8) is 0 Å². The summed E-state index contributed by atoms with van der Waals surface area (Å²) in [6.07, 6.45) is 1.43. The summed E-state index contributed by atoms with van der Waals surface area (Å²) in [5.74, 6) is 0.0537. The molecule has 1 aromatic rings. The number of carbonyl (C=O) groups is 1. The molecule has 4 nitrogen and oxygen atoms in total. The maximum atomic E-state index is 10.8. The summed E-state index contributed by atoms with van der Waals surface area (Å²) in [5.41, 5.74) is 6.34. The van der Waals surface area contributed by atoms with E-state index in [1.165, 1.54) is 6.20 Å². The van der Waals surface area contributed by atoms with Crippen LogP contribution in [0.5, 0.6) is 5.88 Å². The van der Waals surface area contributed by atoms with Crippen LogP contribution in [0.2, 0.25) is 0 Å². The van der Waals surface area contributed by atoms with Crippen LogP contribution in [0.25, 0.3) is 0 Å². The monoisotopic (exact) mass is 180 g/mol. The average Bonchev–Trinajstić information content (AvgIpc) is 2.04. The zero-order valence-electron chi connectivity index (χ0n) is 7.70. The lowest BCUT2D eigenvalue weighted by atomic mass is 10.1. The van der Waals surface area contributed by atoms with Crippen LogP contribution in [0.4, 0.5) is 0 Å². The molecule has 0 saturated heterocycles. The summed E-state index contributed by atoms with van der Waals surface area (Å²) in [6.45, 7) is 4.23. The molecular formula is C9H12N2O2. The van der Waals surface area contributed by atoms with Crippen LogP contribution < -0.4 is 10.5 Å². The van der Waals surface area contributed by atoms with Gasteiger partial charge in [-0.1, -0.05) is 0 Å². The van der Waals surface area contributed by atoms with Gasteiger partial charge in [-0.3, -0.25) is 4.79 Å². The molecule has 0 aromatic carbocycles. The van der Waals surface area contributed by atoms with Crippen LogP contribution in [0.3, 0.4) is 0 Å². The minimum absolute atomic E-state index is 0.434. The topological polar surface area (TPSA) is 65.2 Å². The number of hydrogen-bond donors (Lipinski definition) is 1. The van der Waals surface area contributed by atoms with Gasteiger partial charge in [0.1, 0.15) is 0 Å². The number of hydrogen-bond acceptors (Lipinski definition) is 3. The molecule has 2 N–H and O–H groups in total. The molecule has 1 rings (SSSR count). The van der Waals surface area contributed by atoms with Crippen molar-refractivity contribution in [2.75, 3.05) is 6.61 Å². The summed E-state index contributed by atoms with van der Waals surface area (Å²) in [4.78, 5) is 14.8. The van der Waals surface area contributed by atoms with E-state index in [4.69, 9.17) is 10.5 Å². The number of aryl methyl sites for hydroxylation is 1. The molecule has 0 aliphatic heterocycles. The maximum Gasteiger partial charge on any atom is 0.250 e. The quantitative estimate of drug-likeness (QED) is 0.751. The second-order valence-corrected chi connectivity index (χ2v) is 2.63. The van der Waals surface area contributed by atoms with E-state index >= 15 is 0 Å². The highest BCUT2D eigenvalue weighted by Crippen LogP contribution is 2.12. The van der Waals surface area contributed by atoms with Gasteiger partial charge in [0.2, 0.25) is 5.88 Å². The molecule has 0 saturated carbocycles. The van der Waals surface area contributed by atoms with Crippen LogP contribution in [-0.4, -0.2) is 17.5 Å². The standard InChI is InChI=1S/C9H12N2O2/c1-3-13-8-4-6(2)7(5-11-8)9(10)12/h4-5H,3H2,1-2H3,(H2,10,12). The number of primary amides is 1. The van der Waals surface area contributed by atoms with Crippen LogP contribution in [0.15, 0.2) is 12.3 Å². The van der Waals surface area contributed by atoms with Crippen molar-refractivity contribution in [3.05, 3.63) is 23.4 Å². The number of nitrogens with zero attached hydrogens (tertiary/aromatic N) is 1. The second-order valence-electron chi connectivity index (χ2n) is 2.63. The van der Waals surface area contributed by atoms with E-state index in [-0.39, 0.29) is 0 Å². The lowest BCUT2D eigenvalue weighted by Gasteiger charge is -2.04. The van der Waals surface area contributed by atoms with E-state index in [1.54, 1.807) is 13.0 Å². The smallest absolute Gasteiger partial charge is 0.250 e. The molecule has 0 atom stereocenters. The van der Waals surface area contributed by atoms with Gasteiger partial charge in [-0.25, -0.2) is 4.98 Å². The molecule has 0 aliphatic carbocycles. The summed E-state index contributed by atoms with van der Waals surface area (Å²) in [5, 5.41) is 0. The van der Waals surface area contributed by atoms with Gasteiger partial charge in [0.05, 0.1) is 12.2 Å². The van der Waals surface area contributed by atoms with Crippen molar-refractivity contribution in [3.8, 4) is 5.88 Å². The predicted molar refractivity (Wildman–Crippen MR) is 48.7 cm³/mol. The summed E-state index contributed by atoms with van der Waals surface area (Å²) in [7, 11) is 0. The first-order chi connectivity index (χ1) is 6.15. The number of aromatic nitrogens is 1. The van der Waals surface area contributed by atoms with Gasteiger partial charge in [-0.15, -0.1) is 0 Å². The summed E-state index contributed by atoms with van der Waals surface area (Å²) >= 11 is 0. The van der Waals surface area contributed by atoms with Crippen molar-refractivity contribution in [1.29, 1.82) is 0 Å². The summed E-state index contributed by atoms with van der Waals surface area (Å²) < 4.78 is 5.16. The van der Waals surface area contributed by atoms with Crippen molar-refractivity contribution < 1.29 is 9.53 Å². The molecule has 13 heavy (non-hydrogen) atoms. The zero-order valence-corrected chi connectivity index (χ0v) is 7.70. The normalized spacial score (nSPS) is 9.69. The number of amides is 1. The first-order valence-electron chi connectivity index (χ1n) is 4.04. The molecule has 70 valence electrons. The molecule has 0 fully saturated rings. The van der Waals surface area contributed by atoms with Crippen molar-refractivity contribution in [1.82, 2.24) is 4.98 Å². The molecule has 0 aliphatic rings. The van der Waals surface area contributed by atoms with E-state index in [1.807, 2.05) is 6.92 Å². The second kappa shape index (κ2) is 3.89. The molecular weight excluding hydrogens is 168 g/mol. The fourth-order valence-electron chi connectivity index (χ4n) is 1.01. The Hall–Kier alpha value is -1.58. The Kier molecular flexibility index (Phi) is 2.84. The zero-order chi connectivity index (χ0) is 9.84. The van der Waals surface area contributed by atoms with E-state index in [2.05, 4.69) is 4.98 Å². The van der Waals surface area contributed by atoms with E-state index in [9.17, 15) is 4.79 Å². The number of rotatable bonds is 3. The predicted octanol–water partition coefficient (Wildman–Crippen LogP) is 0.888. The molecule has 0 unspecified atom stereocenters. The number of carbonyl (C=O) groups excluding carboxylic acids is 1. The largest absolute Gasteiger partial charge is 0.478 e. The highest BCUT2D eigenvalue weighted by Gasteiger charge is 2.06. The van der Waals surface area contributed by atoms with Gasteiger partial charge >= 0.3 is 0 Å². The van der Waals surface area contributed by atoms with Gasteiger partial charge in [-0.05, 0) is 19.4 Å². The first kappa shape index (κ1) is 9.51. The van der Waals surface area contributed by atoms with Crippen LogP contribution in [0.1, 0.15) is 22.8 Å². The Morgan fingerprint density at radius 1 is 1.69 bits per heavy atom. The average molecular weight is 180 g/mol. The van der Waals surface area contributed by atoms with Gasteiger partial charge in [-0.2, -0.15) is 0 Å². The Bertz CT molecular complexity index is 323. The minimum atomic E-state index is -0.465. The third-order valence-corrected chi connectivity index (χ3v) is 1.64. The molecule has 0 bridgehead atoms. The van der Waals surface area contributed by atoms with E-state index in [0.29, 0.717) is 18.1 Å². The maximum absolute atomic E-state index is 10.8. The van der Waals surface area contributed by atoms with Crippen molar-refractivity contribution in [2.24, 2.45) is 5.73 Å². The fraction of sp³-hybridized carbons (Fsp3) is 0.333. The molecule has 4 heteroatoms. The molecule has 1 amide bonds. The van der Waals surface area contributed by atoms with Gasteiger partial charge in [0.25, 0.3) is 5.91 Å². The Morgan fingerprint density at radius 3 is 2.85 bits per heavy atom. The SMILES string of the molecule is CCOc1cc(C)c(C(N)=O)cn1. The molecule has 1 aromatic heterocycles. The minimum Gasteiger partial charge on any atom is -0.478 e. The molecule has 0 spiro atoms. The highest BCUT2D eigenvalue weighted by atomic mass is 16.5. The molecule has 1 heterocycles. The Labute approximate surface area is 76.7 Å². The lowest BCUT2D eigenvalue weighted by molar-refractivity contribution is 0.0999. The third-order valence-electron chi connectivity index (χ3n) is 1.64. The van der Waals surface area contributed by atoms with Gasteiger partial charge in [0, 0.05) is 12.3 Å². The van der Waals surface area contributed by atoms with Crippen LogP contribution in [-0.2, 0) is 0 Å². The van der Waals surface area contributed by atoms with Crippen LogP contribution >= 0.6 is 0 Å².